The summed E-state index contributed by atoms with van der Waals surface area (Å²) < 4.78 is 80.8. The van der Waals surface area contributed by atoms with Gasteiger partial charge in [-0.2, -0.15) is 26.3 Å². The Morgan fingerprint density at radius 1 is 1.00 bits per heavy atom. The van der Waals surface area contributed by atoms with Gasteiger partial charge in [0.2, 0.25) is 5.91 Å². The lowest BCUT2D eigenvalue weighted by Crippen LogP contribution is -2.14. The molecule has 1 aliphatic rings. The summed E-state index contributed by atoms with van der Waals surface area (Å²) in [5, 5.41) is 3.24. The van der Waals surface area contributed by atoms with Crippen molar-refractivity contribution in [1.29, 1.82) is 0 Å². The van der Waals surface area contributed by atoms with Crippen LogP contribution in [0.2, 0.25) is 0 Å². The highest BCUT2D eigenvalue weighted by Crippen LogP contribution is 2.40. The maximum absolute atomic E-state index is 13.5. The quantitative estimate of drug-likeness (QED) is 0.431. The highest BCUT2D eigenvalue weighted by Gasteiger charge is 2.39. The number of carbonyl (C=O) groups is 1. The zero-order chi connectivity index (χ0) is 20.4. The van der Waals surface area contributed by atoms with Crippen LogP contribution >= 0.6 is 11.8 Å². The van der Waals surface area contributed by atoms with Crippen molar-refractivity contribution in [2.75, 3.05) is 4.42 Å². The number of benzene rings is 1. The molecule has 0 aliphatic carbocycles. The van der Waals surface area contributed by atoms with Crippen molar-refractivity contribution in [3.8, 4) is 11.3 Å². The second kappa shape index (κ2) is 5.84. The topological polar surface area (TPSA) is 50.5 Å². The van der Waals surface area contributed by atoms with Crippen LogP contribution in [0.3, 0.4) is 0 Å². The zero-order valence-electron chi connectivity index (χ0n) is 13.4. The van der Waals surface area contributed by atoms with Crippen molar-refractivity contribution in [1.82, 2.24) is 14.6 Å². The van der Waals surface area contributed by atoms with Crippen molar-refractivity contribution in [3.05, 3.63) is 47.3 Å². The number of anilines is 1. The summed E-state index contributed by atoms with van der Waals surface area (Å²) in [5.74, 6) is -2.03. The predicted molar refractivity (Wildman–Crippen MR) is 85.5 cm³/mol. The molecule has 12 heteroatoms. The van der Waals surface area contributed by atoms with E-state index in [0.29, 0.717) is 21.8 Å². The van der Waals surface area contributed by atoms with E-state index in [0.717, 1.165) is 10.5 Å². The van der Waals surface area contributed by atoms with E-state index in [1.165, 1.54) is 18.2 Å². The lowest BCUT2D eigenvalue weighted by molar-refractivity contribution is -0.144. The van der Waals surface area contributed by atoms with Crippen molar-refractivity contribution < 1.29 is 31.1 Å². The van der Waals surface area contributed by atoms with E-state index in [4.69, 9.17) is 11.8 Å². The molecule has 0 atom stereocenters. The summed E-state index contributed by atoms with van der Waals surface area (Å²) in [6.07, 6.45) is -9.93. The number of pyridine rings is 1. The van der Waals surface area contributed by atoms with E-state index < -0.39 is 41.0 Å². The van der Waals surface area contributed by atoms with Gasteiger partial charge in [0.05, 0.1) is 23.4 Å². The summed E-state index contributed by atoms with van der Waals surface area (Å²) >= 11 is 5.80. The first-order valence-corrected chi connectivity index (χ1v) is 7.97. The molecule has 0 saturated carbocycles. The Morgan fingerprint density at radius 2 is 1.71 bits per heavy atom. The summed E-state index contributed by atoms with van der Waals surface area (Å²) in [7, 11) is 0. The third-order valence-electron chi connectivity index (χ3n) is 4.18. The molecule has 1 aliphatic heterocycles. The SMILES string of the molecule is O=C1Cc2cc(-c3c(C(F)(F)F)ccc4nc(C(F)(F)F)nn34)ccc2N1Cl. The molecule has 0 saturated heterocycles. The Balaban J connectivity index is 2.00. The lowest BCUT2D eigenvalue weighted by Gasteiger charge is -2.15. The molecule has 5 nitrogen and oxygen atoms in total. The Bertz CT molecular complexity index is 1120. The number of carbonyl (C=O) groups excluding carboxylic acids is 1. The highest BCUT2D eigenvalue weighted by molar-refractivity contribution is 6.38. The maximum Gasteiger partial charge on any atom is 0.453 e. The molecule has 0 unspecified atom stereocenters. The Hall–Kier alpha value is -2.82. The fourth-order valence-corrected chi connectivity index (χ4v) is 3.23. The fourth-order valence-electron chi connectivity index (χ4n) is 3.01. The average molecular weight is 421 g/mol. The molecule has 3 aromatic rings. The first-order valence-electron chi connectivity index (χ1n) is 7.63. The molecule has 2 aromatic heterocycles. The molecule has 4 rings (SSSR count). The first kappa shape index (κ1) is 18.5. The van der Waals surface area contributed by atoms with Crippen LogP contribution in [0.5, 0.6) is 0 Å². The van der Waals surface area contributed by atoms with Gasteiger partial charge in [-0.3, -0.25) is 4.79 Å². The number of halogens is 7. The number of hydrogen-bond acceptors (Lipinski definition) is 3. The second-order valence-corrected chi connectivity index (χ2v) is 6.33. The molecule has 0 radical (unpaired) electrons. The van der Waals surface area contributed by atoms with Crippen LogP contribution in [0.1, 0.15) is 17.0 Å². The number of aromatic nitrogens is 3. The third-order valence-corrected chi connectivity index (χ3v) is 4.55. The largest absolute Gasteiger partial charge is 0.453 e. The van der Waals surface area contributed by atoms with Crippen LogP contribution in [0.15, 0.2) is 30.3 Å². The van der Waals surface area contributed by atoms with E-state index in [1.807, 2.05) is 0 Å². The standard InChI is InChI=1S/C16H7ClF6N4O/c17-26-10-3-1-7(5-8(10)6-12(26)28)13-9(15(18,19)20)2-4-11-24-14(16(21,22)23)25-27(11)13/h1-5H,6H2. The van der Waals surface area contributed by atoms with Gasteiger partial charge in [0.25, 0.3) is 5.82 Å². The molecule has 0 N–H and O–H groups in total. The minimum Gasteiger partial charge on any atom is -0.273 e. The van der Waals surface area contributed by atoms with Gasteiger partial charge in [0.1, 0.15) is 0 Å². The average Bonchev–Trinajstić information content (AvgIpc) is 3.14. The Labute approximate surface area is 157 Å². The molecule has 28 heavy (non-hydrogen) atoms. The Morgan fingerprint density at radius 3 is 2.36 bits per heavy atom. The van der Waals surface area contributed by atoms with Crippen LogP contribution in [-0.4, -0.2) is 20.5 Å². The zero-order valence-corrected chi connectivity index (χ0v) is 14.2. The van der Waals surface area contributed by atoms with Gasteiger partial charge >= 0.3 is 12.4 Å². The second-order valence-electron chi connectivity index (χ2n) is 5.99. The van der Waals surface area contributed by atoms with E-state index in [1.54, 1.807) is 0 Å². The monoisotopic (exact) mass is 420 g/mol. The van der Waals surface area contributed by atoms with E-state index >= 15 is 0 Å². The number of amides is 1. The summed E-state index contributed by atoms with van der Waals surface area (Å²) in [4.78, 5) is 15.0. The number of rotatable bonds is 1. The van der Waals surface area contributed by atoms with Gasteiger partial charge in [-0.05, 0) is 29.8 Å². The van der Waals surface area contributed by atoms with Gasteiger partial charge in [-0.25, -0.2) is 13.9 Å². The van der Waals surface area contributed by atoms with Crippen LogP contribution in [0.4, 0.5) is 32.0 Å². The van der Waals surface area contributed by atoms with Crippen LogP contribution in [-0.2, 0) is 23.6 Å². The highest BCUT2D eigenvalue weighted by atomic mass is 35.5. The first-order chi connectivity index (χ1) is 13.0. The number of hydrogen-bond donors (Lipinski definition) is 0. The lowest BCUT2D eigenvalue weighted by atomic mass is 10.0. The molecular weight excluding hydrogens is 414 g/mol. The van der Waals surface area contributed by atoms with Crippen molar-refractivity contribution in [2.24, 2.45) is 0 Å². The van der Waals surface area contributed by atoms with Gasteiger partial charge in [-0.15, -0.1) is 5.10 Å². The normalized spacial score (nSPS) is 14.8. The molecule has 3 heterocycles. The maximum atomic E-state index is 13.5. The molecular formula is C16H7ClF6N4O. The molecule has 0 fully saturated rings. The van der Waals surface area contributed by atoms with Crippen LogP contribution < -0.4 is 4.42 Å². The van der Waals surface area contributed by atoms with Crippen molar-refractivity contribution >= 4 is 29.0 Å². The number of alkyl halides is 6. The third kappa shape index (κ3) is 2.86. The predicted octanol–water partition coefficient (Wildman–Crippen LogP) is 4.48. The van der Waals surface area contributed by atoms with Gasteiger partial charge < -0.3 is 0 Å². The van der Waals surface area contributed by atoms with E-state index in [2.05, 4.69) is 10.1 Å². The smallest absolute Gasteiger partial charge is 0.273 e. The van der Waals surface area contributed by atoms with E-state index in [-0.39, 0.29) is 12.0 Å². The van der Waals surface area contributed by atoms with Crippen molar-refractivity contribution in [3.63, 3.8) is 0 Å². The molecule has 1 aromatic carbocycles. The van der Waals surface area contributed by atoms with Crippen LogP contribution in [0.25, 0.3) is 16.9 Å². The molecule has 0 bridgehead atoms. The summed E-state index contributed by atoms with van der Waals surface area (Å²) in [5.41, 5.74) is -1.63. The van der Waals surface area contributed by atoms with Gasteiger partial charge in [0, 0.05) is 17.3 Å². The number of fused-ring (bicyclic) bond motifs is 2. The van der Waals surface area contributed by atoms with Gasteiger partial charge in [-0.1, -0.05) is 6.07 Å². The molecule has 1 amide bonds. The summed E-state index contributed by atoms with van der Waals surface area (Å²) in [6.45, 7) is 0. The minimum atomic E-state index is -4.93. The Kier molecular flexibility index (Phi) is 3.86. The molecule has 0 spiro atoms. The number of nitrogens with zero attached hydrogens (tertiary/aromatic N) is 4. The van der Waals surface area contributed by atoms with Crippen molar-refractivity contribution in [2.45, 2.75) is 18.8 Å². The summed E-state index contributed by atoms with van der Waals surface area (Å²) in [6, 6.07) is 5.28. The molecule has 146 valence electrons. The van der Waals surface area contributed by atoms with Crippen LogP contribution in [0, 0.1) is 0 Å². The van der Waals surface area contributed by atoms with E-state index in [9.17, 15) is 31.1 Å². The minimum absolute atomic E-state index is 0.0740. The fraction of sp³-hybridized carbons (Fsp3) is 0.188. The van der Waals surface area contributed by atoms with Gasteiger partial charge in [0.15, 0.2) is 5.65 Å².